The fraction of sp³-hybridized carbons (Fsp3) is 0.476. The van der Waals surface area contributed by atoms with E-state index >= 15 is 0 Å². The Morgan fingerprint density at radius 2 is 2.14 bits per heavy atom. The number of aromatic nitrogens is 2. The number of benzene rings is 1. The number of rotatable bonds is 8. The van der Waals surface area contributed by atoms with Gasteiger partial charge < -0.3 is 15.5 Å². The van der Waals surface area contributed by atoms with E-state index in [1.165, 1.54) is 12.1 Å². The van der Waals surface area contributed by atoms with Gasteiger partial charge in [0, 0.05) is 43.5 Å². The zero-order chi connectivity index (χ0) is 19.3. The van der Waals surface area contributed by atoms with Gasteiger partial charge in [-0.2, -0.15) is 4.98 Å². The summed E-state index contributed by atoms with van der Waals surface area (Å²) in [5.74, 6) is 1.78. The van der Waals surface area contributed by atoms with Crippen LogP contribution in [0.3, 0.4) is 0 Å². The first kappa shape index (κ1) is 18.7. The zero-order valence-corrected chi connectivity index (χ0v) is 16.0. The smallest absolute Gasteiger partial charge is 0.229 e. The van der Waals surface area contributed by atoms with Gasteiger partial charge in [0.1, 0.15) is 11.6 Å². The number of hydrogen-bond donors (Lipinski definition) is 2. The van der Waals surface area contributed by atoms with Crippen molar-refractivity contribution in [2.45, 2.75) is 44.4 Å². The van der Waals surface area contributed by atoms with E-state index in [1.54, 1.807) is 12.1 Å². The number of nitrogens with one attached hydrogen (secondary N) is 2. The lowest BCUT2D eigenvalue weighted by Gasteiger charge is -2.26. The molecule has 2 fully saturated rings. The van der Waals surface area contributed by atoms with Gasteiger partial charge in [0.15, 0.2) is 0 Å². The molecule has 2 aromatic rings. The van der Waals surface area contributed by atoms with Crippen LogP contribution in [0.25, 0.3) is 0 Å². The molecule has 1 aliphatic carbocycles. The maximum atomic E-state index is 13.4. The lowest BCUT2D eigenvalue weighted by molar-refractivity contribution is -0.133. The van der Waals surface area contributed by atoms with Crippen LogP contribution in [0.15, 0.2) is 30.5 Å². The Balaban J connectivity index is 1.37. The van der Waals surface area contributed by atoms with Crippen LogP contribution in [-0.4, -0.2) is 40.4 Å². The van der Waals surface area contributed by atoms with E-state index in [0.717, 1.165) is 63.1 Å². The molecule has 2 heterocycles. The molecule has 148 valence electrons. The van der Waals surface area contributed by atoms with Crippen molar-refractivity contribution in [3.05, 3.63) is 41.8 Å². The number of anilines is 3. The van der Waals surface area contributed by atoms with Gasteiger partial charge in [-0.3, -0.25) is 4.79 Å². The summed E-state index contributed by atoms with van der Waals surface area (Å²) in [7, 11) is 0. The molecule has 1 saturated carbocycles. The van der Waals surface area contributed by atoms with Crippen molar-refractivity contribution >= 4 is 23.4 Å². The third-order valence-corrected chi connectivity index (χ3v) is 5.23. The molecular weight excluding hydrogens is 357 g/mol. The second-order valence-electron chi connectivity index (χ2n) is 7.53. The van der Waals surface area contributed by atoms with E-state index in [2.05, 4.69) is 20.6 Å². The molecule has 1 saturated heterocycles. The highest BCUT2D eigenvalue weighted by molar-refractivity contribution is 5.76. The van der Waals surface area contributed by atoms with Crippen LogP contribution in [0.4, 0.5) is 21.8 Å². The number of carbonyl (C=O) groups excluding carboxylic acids is 1. The Morgan fingerprint density at radius 3 is 2.93 bits per heavy atom. The minimum Gasteiger partial charge on any atom is -0.370 e. The molecule has 1 aromatic heterocycles. The van der Waals surface area contributed by atoms with E-state index in [-0.39, 0.29) is 11.7 Å². The number of piperidine rings is 1. The number of amides is 1. The maximum Gasteiger partial charge on any atom is 0.229 e. The normalized spacial score (nSPS) is 16.9. The molecule has 0 radical (unpaired) electrons. The molecule has 1 amide bonds. The van der Waals surface area contributed by atoms with Gasteiger partial charge in [-0.25, -0.2) is 9.37 Å². The first-order chi connectivity index (χ1) is 13.7. The number of hydrogen-bond acceptors (Lipinski definition) is 5. The number of nitrogens with zero attached hydrogens (tertiary/aromatic N) is 3. The van der Waals surface area contributed by atoms with Gasteiger partial charge in [-0.1, -0.05) is 6.07 Å². The van der Waals surface area contributed by atoms with Crippen LogP contribution in [0.5, 0.6) is 0 Å². The molecule has 4 rings (SSSR count). The second-order valence-corrected chi connectivity index (χ2v) is 7.53. The summed E-state index contributed by atoms with van der Waals surface area (Å²) in [5, 5.41) is 6.49. The minimum absolute atomic E-state index is 0.272. The summed E-state index contributed by atoms with van der Waals surface area (Å²) in [4.78, 5) is 22.9. The zero-order valence-electron chi connectivity index (χ0n) is 16.0. The highest BCUT2D eigenvalue weighted by atomic mass is 19.1. The summed E-state index contributed by atoms with van der Waals surface area (Å²) in [6.07, 6.45) is 7.87. The van der Waals surface area contributed by atoms with Crippen LogP contribution in [0, 0.1) is 5.82 Å². The summed E-state index contributed by atoms with van der Waals surface area (Å²) >= 11 is 0. The number of halogens is 1. The van der Waals surface area contributed by atoms with Crippen molar-refractivity contribution in [3.63, 3.8) is 0 Å². The molecule has 6 nitrogen and oxygen atoms in total. The standard InChI is InChI=1S/C21H26FN5O/c22-16-5-3-6-17(13-16)25-21-24-14-18(15-8-9-15)20(26-21)23-10-4-12-27-11-2-1-7-19(27)28/h3,5-6,13-15H,1-2,4,7-12H2,(H2,23,24,25,26). The Kier molecular flexibility index (Phi) is 5.69. The minimum atomic E-state index is -0.301. The third kappa shape index (κ3) is 4.77. The molecule has 1 aliphatic heterocycles. The van der Waals surface area contributed by atoms with Crippen molar-refractivity contribution in [1.29, 1.82) is 0 Å². The van der Waals surface area contributed by atoms with Crippen molar-refractivity contribution in [2.24, 2.45) is 0 Å². The molecule has 2 aliphatic rings. The van der Waals surface area contributed by atoms with Gasteiger partial charge >= 0.3 is 0 Å². The predicted octanol–water partition coefficient (Wildman–Crippen LogP) is 4.05. The van der Waals surface area contributed by atoms with Crippen LogP contribution >= 0.6 is 0 Å². The SMILES string of the molecule is O=C1CCCCN1CCCNc1nc(Nc2cccc(F)c2)ncc1C1CC1. The van der Waals surface area contributed by atoms with Crippen molar-refractivity contribution in [1.82, 2.24) is 14.9 Å². The average Bonchev–Trinajstić information content (AvgIpc) is 3.52. The monoisotopic (exact) mass is 383 g/mol. The third-order valence-electron chi connectivity index (χ3n) is 5.23. The predicted molar refractivity (Wildman–Crippen MR) is 107 cm³/mol. The molecule has 0 spiro atoms. The second kappa shape index (κ2) is 8.54. The molecule has 28 heavy (non-hydrogen) atoms. The van der Waals surface area contributed by atoms with Crippen molar-refractivity contribution in [3.8, 4) is 0 Å². The molecular formula is C21H26FN5O. The highest BCUT2D eigenvalue weighted by Crippen LogP contribution is 2.42. The first-order valence-corrected chi connectivity index (χ1v) is 10.1. The fourth-order valence-corrected chi connectivity index (χ4v) is 3.56. The number of likely N-dealkylation sites (tertiary alicyclic amines) is 1. The average molecular weight is 383 g/mol. The first-order valence-electron chi connectivity index (χ1n) is 10.1. The van der Waals surface area contributed by atoms with Crippen LogP contribution in [-0.2, 0) is 4.79 Å². The molecule has 0 atom stereocenters. The largest absolute Gasteiger partial charge is 0.370 e. The molecule has 7 heteroatoms. The molecule has 0 bridgehead atoms. The van der Waals surface area contributed by atoms with E-state index < -0.39 is 0 Å². The van der Waals surface area contributed by atoms with E-state index in [0.29, 0.717) is 24.0 Å². The van der Waals surface area contributed by atoms with Crippen molar-refractivity contribution in [2.75, 3.05) is 30.3 Å². The molecule has 2 N–H and O–H groups in total. The Morgan fingerprint density at radius 1 is 1.25 bits per heavy atom. The van der Waals surface area contributed by atoms with E-state index in [4.69, 9.17) is 0 Å². The van der Waals surface area contributed by atoms with Gasteiger partial charge in [0.2, 0.25) is 11.9 Å². The summed E-state index contributed by atoms with van der Waals surface area (Å²) in [5.41, 5.74) is 1.76. The van der Waals surface area contributed by atoms with Gasteiger partial charge in [-0.05, 0) is 56.2 Å². The van der Waals surface area contributed by atoms with Crippen molar-refractivity contribution < 1.29 is 9.18 Å². The lowest BCUT2D eigenvalue weighted by Crippen LogP contribution is -2.36. The van der Waals surface area contributed by atoms with Gasteiger partial charge in [0.25, 0.3) is 0 Å². The van der Waals surface area contributed by atoms with Crippen LogP contribution in [0.2, 0.25) is 0 Å². The molecule has 0 unspecified atom stereocenters. The Labute approximate surface area is 164 Å². The Bertz CT molecular complexity index is 839. The quantitative estimate of drug-likeness (QED) is 0.673. The van der Waals surface area contributed by atoms with Gasteiger partial charge in [-0.15, -0.1) is 0 Å². The highest BCUT2D eigenvalue weighted by Gasteiger charge is 2.27. The Hall–Kier alpha value is -2.70. The summed E-state index contributed by atoms with van der Waals surface area (Å²) in [6, 6.07) is 6.25. The fourth-order valence-electron chi connectivity index (χ4n) is 3.56. The van der Waals surface area contributed by atoms with E-state index in [1.807, 2.05) is 11.1 Å². The van der Waals surface area contributed by atoms with Crippen LogP contribution in [0.1, 0.15) is 50.0 Å². The lowest BCUT2D eigenvalue weighted by atomic mass is 10.1. The summed E-state index contributed by atoms with van der Waals surface area (Å²) in [6.45, 7) is 2.41. The maximum absolute atomic E-state index is 13.4. The number of carbonyl (C=O) groups is 1. The van der Waals surface area contributed by atoms with E-state index in [9.17, 15) is 9.18 Å². The summed E-state index contributed by atoms with van der Waals surface area (Å²) < 4.78 is 13.4. The van der Waals surface area contributed by atoms with Crippen LogP contribution < -0.4 is 10.6 Å². The molecule has 1 aromatic carbocycles. The topological polar surface area (TPSA) is 70.2 Å². The van der Waals surface area contributed by atoms with Gasteiger partial charge in [0.05, 0.1) is 0 Å².